The van der Waals surface area contributed by atoms with E-state index in [1.807, 2.05) is 12.1 Å². The van der Waals surface area contributed by atoms with E-state index in [-0.39, 0.29) is 11.6 Å². The first kappa shape index (κ1) is 17.0. The van der Waals surface area contributed by atoms with Crippen LogP contribution in [0.5, 0.6) is 5.75 Å². The molecule has 0 aliphatic heterocycles. The van der Waals surface area contributed by atoms with E-state index in [4.69, 9.17) is 9.47 Å². The maximum absolute atomic E-state index is 6.05. The van der Waals surface area contributed by atoms with Gasteiger partial charge in [-0.25, -0.2) is 0 Å². The first-order chi connectivity index (χ1) is 9.46. The van der Waals surface area contributed by atoms with E-state index in [1.54, 1.807) is 7.11 Å². The third-order valence-electron chi connectivity index (χ3n) is 3.10. The molecule has 0 saturated heterocycles. The predicted octanol–water partition coefficient (Wildman–Crippen LogP) is 3.94. The lowest BCUT2D eigenvalue weighted by molar-refractivity contribution is 0.0463. The number of benzene rings is 1. The summed E-state index contributed by atoms with van der Waals surface area (Å²) in [5.41, 5.74) is 1.25. The van der Waals surface area contributed by atoms with Crippen LogP contribution < -0.4 is 10.1 Å². The first-order valence-corrected chi connectivity index (χ1v) is 7.47. The third-order valence-corrected chi connectivity index (χ3v) is 3.10. The Morgan fingerprint density at radius 1 is 1.25 bits per heavy atom. The van der Waals surface area contributed by atoms with Crippen molar-refractivity contribution in [1.29, 1.82) is 0 Å². The smallest absolute Gasteiger partial charge is 0.119 e. The fourth-order valence-electron chi connectivity index (χ4n) is 1.88. The lowest BCUT2D eigenvalue weighted by atomic mass is 10.1. The number of hydrogen-bond acceptors (Lipinski definition) is 3. The van der Waals surface area contributed by atoms with E-state index < -0.39 is 0 Å². The van der Waals surface area contributed by atoms with Gasteiger partial charge in [-0.3, -0.25) is 0 Å². The minimum atomic E-state index is 0.0656. The standard InChI is InChI=1S/C17H29NO2/c1-6-7-11-20-16(13-18-17(2,3)4)14-9-8-10-15(12-14)19-5/h8-10,12,16,18H,6-7,11,13H2,1-5H3. The summed E-state index contributed by atoms with van der Waals surface area (Å²) in [7, 11) is 1.69. The molecule has 0 aliphatic carbocycles. The SMILES string of the molecule is CCCCOC(CNC(C)(C)C)c1cccc(OC)c1. The Kier molecular flexibility index (Phi) is 7.03. The lowest BCUT2D eigenvalue weighted by Crippen LogP contribution is -2.39. The fourth-order valence-corrected chi connectivity index (χ4v) is 1.88. The van der Waals surface area contributed by atoms with Gasteiger partial charge in [0.25, 0.3) is 0 Å². The van der Waals surface area contributed by atoms with Gasteiger partial charge in [0.2, 0.25) is 0 Å². The molecule has 0 spiro atoms. The number of rotatable bonds is 8. The predicted molar refractivity (Wildman–Crippen MR) is 84.4 cm³/mol. The van der Waals surface area contributed by atoms with Crippen molar-refractivity contribution in [3.63, 3.8) is 0 Å². The van der Waals surface area contributed by atoms with Crippen LogP contribution in [0.4, 0.5) is 0 Å². The van der Waals surface area contributed by atoms with E-state index in [2.05, 4.69) is 45.1 Å². The molecular weight excluding hydrogens is 250 g/mol. The molecule has 3 heteroatoms. The van der Waals surface area contributed by atoms with E-state index >= 15 is 0 Å². The second-order valence-electron chi connectivity index (χ2n) is 6.12. The Morgan fingerprint density at radius 3 is 2.60 bits per heavy atom. The monoisotopic (exact) mass is 279 g/mol. The van der Waals surface area contributed by atoms with E-state index in [1.165, 1.54) is 0 Å². The zero-order valence-corrected chi connectivity index (χ0v) is 13.5. The van der Waals surface area contributed by atoms with Gasteiger partial charge in [-0.05, 0) is 44.9 Å². The molecule has 20 heavy (non-hydrogen) atoms. The molecule has 0 amide bonds. The lowest BCUT2D eigenvalue weighted by Gasteiger charge is -2.26. The highest BCUT2D eigenvalue weighted by atomic mass is 16.5. The van der Waals surface area contributed by atoms with Crippen LogP contribution in [0, 0.1) is 0 Å². The molecule has 0 bridgehead atoms. The van der Waals surface area contributed by atoms with Gasteiger partial charge in [0.15, 0.2) is 0 Å². The molecule has 0 radical (unpaired) electrons. The summed E-state index contributed by atoms with van der Waals surface area (Å²) in [6.07, 6.45) is 2.31. The molecule has 0 aromatic heterocycles. The summed E-state index contributed by atoms with van der Waals surface area (Å²) in [5, 5.41) is 3.52. The van der Waals surface area contributed by atoms with Gasteiger partial charge < -0.3 is 14.8 Å². The second-order valence-corrected chi connectivity index (χ2v) is 6.12. The number of methoxy groups -OCH3 is 1. The number of hydrogen-bond donors (Lipinski definition) is 1. The van der Waals surface area contributed by atoms with Gasteiger partial charge in [0.1, 0.15) is 5.75 Å². The Labute approximate surface area is 123 Å². The second kappa shape index (κ2) is 8.28. The van der Waals surface area contributed by atoms with Crippen molar-refractivity contribution >= 4 is 0 Å². The van der Waals surface area contributed by atoms with Gasteiger partial charge in [-0.2, -0.15) is 0 Å². The Bertz CT molecular complexity index is 385. The minimum absolute atomic E-state index is 0.0656. The molecule has 0 aliphatic rings. The molecule has 1 atom stereocenters. The summed E-state index contributed by atoms with van der Waals surface area (Å²) in [4.78, 5) is 0. The average Bonchev–Trinajstić information content (AvgIpc) is 2.41. The molecule has 114 valence electrons. The van der Waals surface area contributed by atoms with Crippen molar-refractivity contribution in [3.8, 4) is 5.75 Å². The van der Waals surface area contributed by atoms with E-state index in [0.717, 1.165) is 37.3 Å². The maximum Gasteiger partial charge on any atom is 0.119 e. The highest BCUT2D eigenvalue weighted by molar-refractivity contribution is 5.30. The van der Waals surface area contributed by atoms with Crippen molar-refractivity contribution < 1.29 is 9.47 Å². The summed E-state index contributed by atoms with van der Waals surface area (Å²) in [5.74, 6) is 0.877. The molecule has 0 saturated carbocycles. The highest BCUT2D eigenvalue weighted by Gasteiger charge is 2.16. The first-order valence-electron chi connectivity index (χ1n) is 7.47. The van der Waals surface area contributed by atoms with Crippen LogP contribution in [0.15, 0.2) is 24.3 Å². The van der Waals surface area contributed by atoms with Crippen LogP contribution in [0.1, 0.15) is 52.2 Å². The van der Waals surface area contributed by atoms with Gasteiger partial charge >= 0.3 is 0 Å². The Morgan fingerprint density at radius 2 is 2.00 bits per heavy atom. The van der Waals surface area contributed by atoms with Crippen molar-refractivity contribution in [2.24, 2.45) is 0 Å². The zero-order chi connectivity index (χ0) is 15.0. The van der Waals surface area contributed by atoms with E-state index in [0.29, 0.717) is 0 Å². The van der Waals surface area contributed by atoms with Crippen LogP contribution in [0.25, 0.3) is 0 Å². The molecule has 1 unspecified atom stereocenters. The topological polar surface area (TPSA) is 30.5 Å². The number of nitrogens with one attached hydrogen (secondary N) is 1. The summed E-state index contributed by atoms with van der Waals surface area (Å²) in [6.45, 7) is 10.3. The van der Waals surface area contributed by atoms with Gasteiger partial charge in [-0.15, -0.1) is 0 Å². The molecule has 3 nitrogen and oxygen atoms in total. The molecule has 0 fully saturated rings. The quantitative estimate of drug-likeness (QED) is 0.731. The molecule has 1 aromatic carbocycles. The molecule has 1 rings (SSSR count). The molecule has 1 aromatic rings. The zero-order valence-electron chi connectivity index (χ0n) is 13.5. The van der Waals surface area contributed by atoms with Crippen LogP contribution >= 0.6 is 0 Å². The van der Waals surface area contributed by atoms with Gasteiger partial charge in [0, 0.05) is 18.7 Å². The number of unbranched alkanes of at least 4 members (excludes halogenated alkanes) is 1. The van der Waals surface area contributed by atoms with Crippen LogP contribution in [0.3, 0.4) is 0 Å². The van der Waals surface area contributed by atoms with Crippen molar-refractivity contribution in [2.75, 3.05) is 20.3 Å². The van der Waals surface area contributed by atoms with Crippen LogP contribution in [-0.2, 0) is 4.74 Å². The molecule has 1 N–H and O–H groups in total. The average molecular weight is 279 g/mol. The van der Waals surface area contributed by atoms with Crippen molar-refractivity contribution in [2.45, 2.75) is 52.2 Å². The van der Waals surface area contributed by atoms with Gasteiger partial charge in [-0.1, -0.05) is 25.5 Å². The van der Waals surface area contributed by atoms with Crippen LogP contribution in [0.2, 0.25) is 0 Å². The summed E-state index contributed by atoms with van der Waals surface area (Å²) in [6, 6.07) is 8.13. The Balaban J connectivity index is 2.73. The van der Waals surface area contributed by atoms with Crippen LogP contribution in [-0.4, -0.2) is 25.8 Å². The van der Waals surface area contributed by atoms with Crippen molar-refractivity contribution in [3.05, 3.63) is 29.8 Å². The normalized spacial score (nSPS) is 13.2. The highest BCUT2D eigenvalue weighted by Crippen LogP contribution is 2.22. The minimum Gasteiger partial charge on any atom is -0.497 e. The molecular formula is C17H29NO2. The van der Waals surface area contributed by atoms with E-state index in [9.17, 15) is 0 Å². The largest absolute Gasteiger partial charge is 0.497 e. The molecule has 0 heterocycles. The Hall–Kier alpha value is -1.06. The maximum atomic E-state index is 6.05. The van der Waals surface area contributed by atoms with Crippen molar-refractivity contribution in [1.82, 2.24) is 5.32 Å². The third kappa shape index (κ3) is 6.40. The van der Waals surface area contributed by atoms with Gasteiger partial charge in [0.05, 0.1) is 13.2 Å². The fraction of sp³-hybridized carbons (Fsp3) is 0.647. The number of ether oxygens (including phenoxy) is 2. The summed E-state index contributed by atoms with van der Waals surface area (Å²) >= 11 is 0. The summed E-state index contributed by atoms with van der Waals surface area (Å²) < 4.78 is 11.3.